The van der Waals surface area contributed by atoms with Gasteiger partial charge in [-0.25, -0.2) is 17.4 Å². The number of hydrogen-bond donors (Lipinski definition) is 0. The molecule has 0 radical (unpaired) electrons. The van der Waals surface area contributed by atoms with Crippen LogP contribution in [0.2, 0.25) is 0 Å². The van der Waals surface area contributed by atoms with Gasteiger partial charge in [-0.3, -0.25) is 0 Å². The molecule has 4 aromatic rings. The summed E-state index contributed by atoms with van der Waals surface area (Å²) in [5, 5.41) is 4.80. The lowest BCUT2D eigenvalue weighted by Crippen LogP contribution is -2.13. The summed E-state index contributed by atoms with van der Waals surface area (Å²) >= 11 is 1.58. The molecule has 5 nitrogen and oxygen atoms in total. The van der Waals surface area contributed by atoms with Gasteiger partial charge in [0.1, 0.15) is 0 Å². The highest BCUT2D eigenvalue weighted by molar-refractivity contribution is 7.90. The maximum Gasteiger partial charge on any atom is 0.269 e. The maximum atomic E-state index is 13.2. The van der Waals surface area contributed by atoms with Crippen LogP contribution >= 0.6 is 11.3 Å². The second-order valence-electron chi connectivity index (χ2n) is 6.13. The number of fused-ring (bicyclic) bond motifs is 1. The fourth-order valence-electron chi connectivity index (χ4n) is 2.85. The van der Waals surface area contributed by atoms with Gasteiger partial charge in [0.05, 0.1) is 16.8 Å². The Bertz CT molecular complexity index is 1160. The number of benzene rings is 1. The average Bonchev–Trinajstić information content (AvgIpc) is 3.29. The Labute approximate surface area is 156 Å². The summed E-state index contributed by atoms with van der Waals surface area (Å²) in [7, 11) is 0.146. The SMILES string of the molecule is CN(C)c1cnc2c(c1)c(-c1ccsc1)cn2S(=O)(=O)c1ccccc1. The van der Waals surface area contributed by atoms with Crippen molar-refractivity contribution in [2.24, 2.45) is 0 Å². The molecule has 3 aromatic heterocycles. The fourth-order valence-corrected chi connectivity index (χ4v) is 4.85. The molecule has 0 amide bonds. The van der Waals surface area contributed by atoms with Crippen molar-refractivity contribution < 1.29 is 8.42 Å². The van der Waals surface area contributed by atoms with Crippen LogP contribution in [0.4, 0.5) is 5.69 Å². The second-order valence-corrected chi connectivity index (χ2v) is 8.72. The number of nitrogens with zero attached hydrogens (tertiary/aromatic N) is 3. The molecule has 0 bridgehead atoms. The number of anilines is 1. The van der Waals surface area contributed by atoms with E-state index >= 15 is 0 Å². The van der Waals surface area contributed by atoms with E-state index in [1.165, 1.54) is 3.97 Å². The summed E-state index contributed by atoms with van der Waals surface area (Å²) in [4.78, 5) is 6.66. The van der Waals surface area contributed by atoms with E-state index in [0.29, 0.717) is 5.65 Å². The lowest BCUT2D eigenvalue weighted by molar-refractivity contribution is 0.589. The Morgan fingerprint density at radius 2 is 1.88 bits per heavy atom. The van der Waals surface area contributed by atoms with Crippen LogP contribution < -0.4 is 4.90 Å². The zero-order chi connectivity index (χ0) is 18.3. The van der Waals surface area contributed by atoms with Crippen LogP contribution in [0.1, 0.15) is 0 Å². The average molecular weight is 383 g/mol. The number of rotatable bonds is 4. The first-order valence-electron chi connectivity index (χ1n) is 8.00. The molecule has 132 valence electrons. The molecule has 1 aromatic carbocycles. The van der Waals surface area contributed by atoms with Crippen LogP contribution in [0.3, 0.4) is 0 Å². The minimum atomic E-state index is -3.72. The van der Waals surface area contributed by atoms with Gasteiger partial charge in [-0.2, -0.15) is 11.3 Å². The normalized spacial score (nSPS) is 11.8. The fraction of sp³-hybridized carbons (Fsp3) is 0.105. The first-order chi connectivity index (χ1) is 12.5. The van der Waals surface area contributed by atoms with E-state index in [9.17, 15) is 8.42 Å². The molecule has 0 aliphatic rings. The molecule has 3 heterocycles. The van der Waals surface area contributed by atoms with Crippen molar-refractivity contribution in [2.45, 2.75) is 4.90 Å². The van der Waals surface area contributed by atoms with Gasteiger partial charge in [0.15, 0.2) is 5.65 Å². The highest BCUT2D eigenvalue weighted by Gasteiger charge is 2.23. The molecule has 0 saturated carbocycles. The number of aromatic nitrogens is 2. The van der Waals surface area contributed by atoms with Crippen molar-refractivity contribution in [2.75, 3.05) is 19.0 Å². The van der Waals surface area contributed by atoms with Crippen molar-refractivity contribution in [3.8, 4) is 11.1 Å². The highest BCUT2D eigenvalue weighted by atomic mass is 32.2. The minimum absolute atomic E-state index is 0.243. The first-order valence-corrected chi connectivity index (χ1v) is 10.4. The van der Waals surface area contributed by atoms with Gasteiger partial charge in [0, 0.05) is 31.2 Å². The summed E-state index contributed by atoms with van der Waals surface area (Å²) in [6.07, 6.45) is 3.36. The predicted molar refractivity (Wildman–Crippen MR) is 106 cm³/mol. The van der Waals surface area contributed by atoms with Crippen LogP contribution in [0.5, 0.6) is 0 Å². The van der Waals surface area contributed by atoms with Crippen LogP contribution in [-0.2, 0) is 10.0 Å². The summed E-state index contributed by atoms with van der Waals surface area (Å²) in [6.45, 7) is 0. The van der Waals surface area contributed by atoms with E-state index in [4.69, 9.17) is 0 Å². The molecule has 0 spiro atoms. The van der Waals surface area contributed by atoms with Crippen molar-refractivity contribution in [3.63, 3.8) is 0 Å². The summed E-state index contributed by atoms with van der Waals surface area (Å²) < 4.78 is 27.6. The minimum Gasteiger partial charge on any atom is -0.376 e. The van der Waals surface area contributed by atoms with Gasteiger partial charge in [-0.1, -0.05) is 18.2 Å². The Hall–Kier alpha value is -2.64. The molecule has 4 rings (SSSR count). The zero-order valence-corrected chi connectivity index (χ0v) is 16.0. The lowest BCUT2D eigenvalue weighted by Gasteiger charge is -2.12. The van der Waals surface area contributed by atoms with Crippen LogP contribution in [0, 0.1) is 0 Å². The Kier molecular flexibility index (Phi) is 4.05. The number of thiophene rings is 1. The topological polar surface area (TPSA) is 55.2 Å². The van der Waals surface area contributed by atoms with Gasteiger partial charge in [0.25, 0.3) is 10.0 Å². The van der Waals surface area contributed by atoms with E-state index < -0.39 is 10.0 Å². The molecule has 0 atom stereocenters. The van der Waals surface area contributed by atoms with E-state index in [1.807, 2.05) is 41.9 Å². The van der Waals surface area contributed by atoms with Crippen molar-refractivity contribution in [1.29, 1.82) is 0 Å². The third-order valence-corrected chi connectivity index (χ3v) is 6.59. The third-order valence-electron chi connectivity index (χ3n) is 4.25. The molecule has 26 heavy (non-hydrogen) atoms. The van der Waals surface area contributed by atoms with Gasteiger partial charge in [0.2, 0.25) is 0 Å². The summed E-state index contributed by atoms with van der Waals surface area (Å²) in [6, 6.07) is 12.4. The molecular formula is C19H17N3O2S2. The Morgan fingerprint density at radius 3 is 2.54 bits per heavy atom. The van der Waals surface area contributed by atoms with E-state index in [-0.39, 0.29) is 4.90 Å². The van der Waals surface area contributed by atoms with Gasteiger partial charge < -0.3 is 4.90 Å². The smallest absolute Gasteiger partial charge is 0.269 e. The molecule has 0 saturated heterocycles. The largest absolute Gasteiger partial charge is 0.376 e. The molecule has 0 unspecified atom stereocenters. The zero-order valence-electron chi connectivity index (χ0n) is 14.3. The second kappa shape index (κ2) is 6.26. The summed E-state index contributed by atoms with van der Waals surface area (Å²) in [5.74, 6) is 0. The molecule has 7 heteroatoms. The monoisotopic (exact) mass is 383 g/mol. The maximum absolute atomic E-state index is 13.2. The summed E-state index contributed by atoms with van der Waals surface area (Å²) in [5.41, 5.74) is 3.20. The third kappa shape index (κ3) is 2.69. The van der Waals surface area contributed by atoms with Gasteiger partial charge in [-0.05, 0) is 40.6 Å². The molecule has 0 aliphatic heterocycles. The quantitative estimate of drug-likeness (QED) is 0.533. The number of hydrogen-bond acceptors (Lipinski definition) is 5. The highest BCUT2D eigenvalue weighted by Crippen LogP contribution is 2.34. The van der Waals surface area contributed by atoms with E-state index in [1.54, 1.807) is 54.1 Å². The van der Waals surface area contributed by atoms with Gasteiger partial charge in [-0.15, -0.1) is 0 Å². The van der Waals surface area contributed by atoms with Crippen LogP contribution in [0.25, 0.3) is 22.2 Å². The van der Waals surface area contributed by atoms with Crippen molar-refractivity contribution in [3.05, 3.63) is 65.6 Å². The van der Waals surface area contributed by atoms with Crippen LogP contribution in [-0.4, -0.2) is 31.5 Å². The molecular weight excluding hydrogens is 366 g/mol. The Balaban J connectivity index is 2.02. The lowest BCUT2D eigenvalue weighted by atomic mass is 10.1. The predicted octanol–water partition coefficient (Wildman–Crippen LogP) is 4.07. The standard InChI is InChI=1S/C19H17N3O2S2/c1-21(2)15-10-17-18(14-8-9-25-13-14)12-22(19(17)20-11-15)26(23,24)16-6-4-3-5-7-16/h3-13H,1-2H3. The molecule has 0 fully saturated rings. The Morgan fingerprint density at radius 1 is 1.12 bits per heavy atom. The van der Waals surface area contributed by atoms with E-state index in [2.05, 4.69) is 4.98 Å². The van der Waals surface area contributed by atoms with Gasteiger partial charge >= 0.3 is 0 Å². The van der Waals surface area contributed by atoms with E-state index in [0.717, 1.165) is 22.2 Å². The molecule has 0 aliphatic carbocycles. The first kappa shape index (κ1) is 16.8. The molecule has 0 N–H and O–H groups in total. The van der Waals surface area contributed by atoms with Crippen molar-refractivity contribution >= 4 is 38.1 Å². The number of pyridine rings is 1. The van der Waals surface area contributed by atoms with Crippen molar-refractivity contribution in [1.82, 2.24) is 8.96 Å². The van der Waals surface area contributed by atoms with Crippen LogP contribution in [0.15, 0.2) is 70.5 Å².